The summed E-state index contributed by atoms with van der Waals surface area (Å²) in [5.41, 5.74) is 0.492. The van der Waals surface area contributed by atoms with Crippen molar-refractivity contribution in [2.75, 3.05) is 24.8 Å². The zero-order valence-electron chi connectivity index (χ0n) is 14.6. The highest BCUT2D eigenvalue weighted by Crippen LogP contribution is 2.28. The molecule has 0 saturated heterocycles. The Morgan fingerprint density at radius 2 is 2.12 bits per heavy atom. The number of benzene rings is 1. The van der Waals surface area contributed by atoms with Crippen LogP contribution in [0.3, 0.4) is 0 Å². The molecule has 0 aliphatic heterocycles. The predicted molar refractivity (Wildman–Crippen MR) is 98.7 cm³/mol. The van der Waals surface area contributed by atoms with Crippen LogP contribution < -0.4 is 10.1 Å². The lowest BCUT2D eigenvalue weighted by atomic mass is 10.3. The molecule has 2 aromatic rings. The van der Waals surface area contributed by atoms with Crippen molar-refractivity contribution in [1.29, 1.82) is 0 Å². The van der Waals surface area contributed by atoms with Crippen molar-refractivity contribution in [3.63, 3.8) is 0 Å². The molecule has 0 bridgehead atoms. The number of carbonyl (C=O) groups excluding carboxylic acids is 2. The fourth-order valence-corrected chi connectivity index (χ4v) is 2.96. The molecule has 0 spiro atoms. The molecule has 1 aromatic heterocycles. The number of amides is 1. The Kier molecular flexibility index (Phi) is 7.28. The lowest BCUT2D eigenvalue weighted by Gasteiger charge is -2.10. The average Bonchev–Trinajstić information content (AvgIpc) is 2.93. The first-order valence-electron chi connectivity index (χ1n) is 7.74. The molecule has 8 nitrogen and oxygen atoms in total. The number of esters is 1. The number of rotatable bonds is 8. The van der Waals surface area contributed by atoms with Gasteiger partial charge in [-0.25, -0.2) is 0 Å². The first-order valence-corrected chi connectivity index (χ1v) is 9.11. The van der Waals surface area contributed by atoms with Crippen LogP contribution in [0, 0.1) is 0 Å². The number of hydrogen-bond donors (Lipinski definition) is 1. The van der Waals surface area contributed by atoms with Gasteiger partial charge in [0, 0.05) is 12.1 Å². The zero-order valence-corrected chi connectivity index (χ0v) is 16.2. The van der Waals surface area contributed by atoms with Crippen LogP contribution in [0.1, 0.15) is 12.7 Å². The fraction of sp³-hybridized carbons (Fsp3) is 0.375. The van der Waals surface area contributed by atoms with Crippen molar-refractivity contribution >= 4 is 40.9 Å². The van der Waals surface area contributed by atoms with E-state index in [9.17, 15) is 9.59 Å². The van der Waals surface area contributed by atoms with Gasteiger partial charge in [-0.3, -0.25) is 9.59 Å². The molecule has 0 atom stereocenters. The number of nitrogens with one attached hydrogen (secondary N) is 1. The van der Waals surface area contributed by atoms with Crippen molar-refractivity contribution in [2.45, 2.75) is 18.5 Å². The SMILES string of the molecule is CCOC(=O)Cc1nnc(SCC(=O)Nc2cc(Cl)ccc2OC)n1C. The maximum Gasteiger partial charge on any atom is 0.313 e. The molecule has 1 amide bonds. The van der Waals surface area contributed by atoms with Gasteiger partial charge in [-0.05, 0) is 25.1 Å². The molecule has 1 N–H and O–H groups in total. The Labute approximate surface area is 160 Å². The second kappa shape index (κ2) is 9.44. The Morgan fingerprint density at radius 1 is 1.35 bits per heavy atom. The largest absolute Gasteiger partial charge is 0.495 e. The minimum atomic E-state index is -0.370. The van der Waals surface area contributed by atoms with Gasteiger partial charge in [0.15, 0.2) is 5.16 Å². The van der Waals surface area contributed by atoms with Crippen molar-refractivity contribution in [3.05, 3.63) is 29.0 Å². The molecular weight excluding hydrogens is 380 g/mol. The Morgan fingerprint density at radius 3 is 2.81 bits per heavy atom. The van der Waals surface area contributed by atoms with Gasteiger partial charge in [0.05, 0.1) is 25.2 Å². The Balaban J connectivity index is 1.95. The maximum absolute atomic E-state index is 12.2. The summed E-state index contributed by atoms with van der Waals surface area (Å²) in [6.07, 6.45) is 0.0316. The fourth-order valence-electron chi connectivity index (χ4n) is 2.06. The van der Waals surface area contributed by atoms with E-state index in [4.69, 9.17) is 21.1 Å². The second-order valence-electron chi connectivity index (χ2n) is 5.12. The normalized spacial score (nSPS) is 10.5. The van der Waals surface area contributed by atoms with Gasteiger partial charge in [-0.2, -0.15) is 0 Å². The van der Waals surface area contributed by atoms with Gasteiger partial charge in [0.1, 0.15) is 18.0 Å². The molecule has 2 rings (SSSR count). The second-order valence-corrected chi connectivity index (χ2v) is 6.50. The number of thioether (sulfide) groups is 1. The van der Waals surface area contributed by atoms with E-state index < -0.39 is 0 Å². The molecule has 1 aromatic carbocycles. The van der Waals surface area contributed by atoms with E-state index in [2.05, 4.69) is 15.5 Å². The molecule has 0 fully saturated rings. The third kappa shape index (κ3) is 5.37. The van der Waals surface area contributed by atoms with Gasteiger partial charge < -0.3 is 19.4 Å². The highest BCUT2D eigenvalue weighted by molar-refractivity contribution is 7.99. The van der Waals surface area contributed by atoms with Crippen LogP contribution in [0.4, 0.5) is 5.69 Å². The molecule has 26 heavy (non-hydrogen) atoms. The molecule has 10 heteroatoms. The highest BCUT2D eigenvalue weighted by atomic mass is 35.5. The lowest BCUT2D eigenvalue weighted by Crippen LogP contribution is -2.15. The minimum Gasteiger partial charge on any atom is -0.495 e. The minimum absolute atomic E-state index is 0.0316. The van der Waals surface area contributed by atoms with Crippen molar-refractivity contribution in [2.24, 2.45) is 7.05 Å². The highest BCUT2D eigenvalue weighted by Gasteiger charge is 2.15. The van der Waals surface area contributed by atoms with Crippen LogP contribution in [0.2, 0.25) is 5.02 Å². The molecule has 0 radical (unpaired) electrons. The smallest absolute Gasteiger partial charge is 0.313 e. The van der Waals surface area contributed by atoms with Crippen LogP contribution in [-0.2, 0) is 27.8 Å². The molecule has 0 aliphatic carbocycles. The first kappa shape index (κ1) is 20.1. The van der Waals surface area contributed by atoms with Crippen LogP contribution in [0.5, 0.6) is 5.75 Å². The maximum atomic E-state index is 12.2. The van der Waals surface area contributed by atoms with Crippen LogP contribution in [0.15, 0.2) is 23.4 Å². The van der Waals surface area contributed by atoms with E-state index in [1.165, 1.54) is 18.9 Å². The van der Waals surface area contributed by atoms with E-state index in [0.717, 1.165) is 0 Å². The number of methoxy groups -OCH3 is 1. The summed E-state index contributed by atoms with van der Waals surface area (Å²) in [5.74, 6) is 0.489. The molecule has 0 unspecified atom stereocenters. The molecule has 1 heterocycles. The Hall–Kier alpha value is -2.26. The van der Waals surface area contributed by atoms with Gasteiger partial charge >= 0.3 is 5.97 Å². The summed E-state index contributed by atoms with van der Waals surface area (Å²) >= 11 is 7.15. The summed E-state index contributed by atoms with van der Waals surface area (Å²) in [4.78, 5) is 23.7. The zero-order chi connectivity index (χ0) is 19.1. The standard InChI is InChI=1S/C16H19ClN4O4S/c1-4-25-15(23)8-13-19-20-16(21(13)2)26-9-14(22)18-11-7-10(17)5-6-12(11)24-3/h5-7H,4,8-9H2,1-3H3,(H,18,22). The summed E-state index contributed by atoms with van der Waals surface area (Å²) in [6, 6.07) is 4.97. The summed E-state index contributed by atoms with van der Waals surface area (Å²) in [5, 5.41) is 11.7. The van der Waals surface area contributed by atoms with E-state index >= 15 is 0 Å². The number of anilines is 1. The lowest BCUT2D eigenvalue weighted by molar-refractivity contribution is -0.142. The van der Waals surface area contributed by atoms with Crippen LogP contribution in [0.25, 0.3) is 0 Å². The molecule has 140 valence electrons. The Bertz CT molecular complexity index is 797. The van der Waals surface area contributed by atoms with Gasteiger partial charge in [0.2, 0.25) is 5.91 Å². The number of nitrogens with zero attached hydrogens (tertiary/aromatic N) is 3. The number of carbonyl (C=O) groups is 2. The third-order valence-corrected chi connectivity index (χ3v) is 4.56. The summed E-state index contributed by atoms with van der Waals surface area (Å²) in [7, 11) is 3.24. The first-order chi connectivity index (χ1) is 12.4. The van der Waals surface area contributed by atoms with Crippen molar-refractivity contribution in [1.82, 2.24) is 14.8 Å². The number of ether oxygens (including phenoxy) is 2. The molecular formula is C16H19ClN4O4S. The predicted octanol–water partition coefficient (Wildman–Crippen LogP) is 2.31. The summed E-state index contributed by atoms with van der Waals surface area (Å²) < 4.78 is 11.7. The summed E-state index contributed by atoms with van der Waals surface area (Å²) in [6.45, 7) is 2.05. The van der Waals surface area contributed by atoms with Gasteiger partial charge in [0.25, 0.3) is 0 Å². The topological polar surface area (TPSA) is 95.3 Å². The van der Waals surface area contributed by atoms with E-state index in [-0.39, 0.29) is 24.1 Å². The monoisotopic (exact) mass is 398 g/mol. The number of halogens is 1. The van der Waals surface area contributed by atoms with E-state index in [1.54, 1.807) is 36.7 Å². The van der Waals surface area contributed by atoms with Crippen LogP contribution >= 0.6 is 23.4 Å². The van der Waals surface area contributed by atoms with Gasteiger partial charge in [-0.1, -0.05) is 23.4 Å². The quantitative estimate of drug-likeness (QED) is 0.538. The number of aromatic nitrogens is 3. The molecule has 0 aliphatic rings. The van der Waals surface area contributed by atoms with Gasteiger partial charge in [-0.15, -0.1) is 10.2 Å². The van der Waals surface area contributed by atoms with Crippen LogP contribution in [-0.4, -0.2) is 46.1 Å². The van der Waals surface area contributed by atoms with Crippen molar-refractivity contribution in [3.8, 4) is 5.75 Å². The average molecular weight is 399 g/mol. The van der Waals surface area contributed by atoms with E-state index in [1.807, 2.05) is 0 Å². The molecule has 0 saturated carbocycles. The van der Waals surface area contributed by atoms with E-state index in [0.29, 0.717) is 34.0 Å². The van der Waals surface area contributed by atoms with Crippen molar-refractivity contribution < 1.29 is 19.1 Å². The number of hydrogen-bond acceptors (Lipinski definition) is 7. The third-order valence-electron chi connectivity index (χ3n) is 3.30.